The predicted molar refractivity (Wildman–Crippen MR) is 59.9 cm³/mol. The van der Waals surface area contributed by atoms with Crippen LogP contribution in [0.5, 0.6) is 0 Å². The SMILES string of the molecule is COC(=O)CCNC(C)C(=O)OC(C)(C)C. The Hall–Kier alpha value is -1.10. The number of hydrogen-bond acceptors (Lipinski definition) is 5. The Morgan fingerprint density at radius 3 is 2.31 bits per heavy atom. The third kappa shape index (κ3) is 7.23. The topological polar surface area (TPSA) is 64.6 Å². The smallest absolute Gasteiger partial charge is 0.323 e. The predicted octanol–water partition coefficient (Wildman–Crippen LogP) is 0.869. The summed E-state index contributed by atoms with van der Waals surface area (Å²) in [7, 11) is 1.33. The van der Waals surface area contributed by atoms with Crippen LogP contribution in [0.2, 0.25) is 0 Å². The van der Waals surface area contributed by atoms with Crippen LogP contribution in [0.1, 0.15) is 34.1 Å². The van der Waals surface area contributed by atoms with Gasteiger partial charge in [0.25, 0.3) is 0 Å². The second-order valence-corrected chi connectivity index (χ2v) is 4.54. The molecule has 0 aliphatic carbocycles. The fraction of sp³-hybridized carbons (Fsp3) is 0.818. The van der Waals surface area contributed by atoms with Gasteiger partial charge in [-0.15, -0.1) is 0 Å². The van der Waals surface area contributed by atoms with E-state index >= 15 is 0 Å². The van der Waals surface area contributed by atoms with Crippen LogP contribution in [0.25, 0.3) is 0 Å². The van der Waals surface area contributed by atoms with Crippen LogP contribution in [-0.2, 0) is 19.1 Å². The number of rotatable bonds is 5. The third-order valence-corrected chi connectivity index (χ3v) is 1.77. The molecule has 0 rings (SSSR count). The molecule has 1 unspecified atom stereocenters. The van der Waals surface area contributed by atoms with Crippen molar-refractivity contribution >= 4 is 11.9 Å². The third-order valence-electron chi connectivity index (χ3n) is 1.77. The van der Waals surface area contributed by atoms with E-state index in [0.29, 0.717) is 6.54 Å². The zero-order valence-electron chi connectivity index (χ0n) is 10.6. The molecule has 0 aromatic heterocycles. The van der Waals surface area contributed by atoms with Crippen molar-refractivity contribution in [2.45, 2.75) is 45.8 Å². The summed E-state index contributed by atoms with van der Waals surface area (Å²) < 4.78 is 9.64. The molecule has 0 radical (unpaired) electrons. The molecule has 0 fully saturated rings. The molecule has 1 N–H and O–H groups in total. The molecule has 0 aliphatic rings. The van der Waals surface area contributed by atoms with E-state index in [9.17, 15) is 9.59 Å². The van der Waals surface area contributed by atoms with E-state index in [0.717, 1.165) is 0 Å². The van der Waals surface area contributed by atoms with E-state index in [1.54, 1.807) is 6.92 Å². The van der Waals surface area contributed by atoms with Crippen LogP contribution < -0.4 is 5.32 Å². The van der Waals surface area contributed by atoms with Crippen molar-refractivity contribution in [2.75, 3.05) is 13.7 Å². The monoisotopic (exact) mass is 231 g/mol. The first-order valence-electron chi connectivity index (χ1n) is 5.29. The molecular formula is C11H21NO4. The molecule has 0 aromatic carbocycles. The maximum absolute atomic E-state index is 11.5. The van der Waals surface area contributed by atoms with Crippen molar-refractivity contribution in [2.24, 2.45) is 0 Å². The van der Waals surface area contributed by atoms with Crippen LogP contribution in [-0.4, -0.2) is 37.2 Å². The molecular weight excluding hydrogens is 210 g/mol. The van der Waals surface area contributed by atoms with E-state index in [1.807, 2.05) is 20.8 Å². The molecule has 5 heteroatoms. The summed E-state index contributed by atoms with van der Waals surface area (Å²) >= 11 is 0. The molecule has 0 heterocycles. The summed E-state index contributed by atoms with van der Waals surface area (Å²) in [6.45, 7) is 7.53. The number of esters is 2. The molecule has 0 saturated carbocycles. The molecule has 0 spiro atoms. The normalized spacial score (nSPS) is 13.1. The Morgan fingerprint density at radius 2 is 1.88 bits per heavy atom. The number of carbonyl (C=O) groups is 2. The van der Waals surface area contributed by atoms with Gasteiger partial charge in [-0.1, -0.05) is 0 Å². The molecule has 0 aliphatic heterocycles. The fourth-order valence-corrected chi connectivity index (χ4v) is 0.966. The van der Waals surface area contributed by atoms with E-state index in [-0.39, 0.29) is 18.4 Å². The van der Waals surface area contributed by atoms with E-state index in [1.165, 1.54) is 7.11 Å². The standard InChI is InChI=1S/C11H21NO4/c1-8(10(14)16-11(2,3)4)12-7-6-9(13)15-5/h8,12H,6-7H2,1-5H3. The van der Waals surface area contributed by atoms with Gasteiger partial charge in [0.1, 0.15) is 11.6 Å². The van der Waals surface area contributed by atoms with Crippen LogP contribution >= 0.6 is 0 Å². The highest BCUT2D eigenvalue weighted by Crippen LogP contribution is 2.08. The van der Waals surface area contributed by atoms with E-state index in [2.05, 4.69) is 10.1 Å². The average Bonchev–Trinajstić information content (AvgIpc) is 2.14. The lowest BCUT2D eigenvalue weighted by molar-refractivity contribution is -0.157. The first-order valence-corrected chi connectivity index (χ1v) is 5.29. The van der Waals surface area contributed by atoms with Crippen molar-refractivity contribution in [1.82, 2.24) is 5.32 Å². The zero-order chi connectivity index (χ0) is 12.8. The molecule has 0 amide bonds. The number of hydrogen-bond donors (Lipinski definition) is 1. The zero-order valence-corrected chi connectivity index (χ0v) is 10.6. The van der Waals surface area contributed by atoms with Crippen molar-refractivity contribution in [3.05, 3.63) is 0 Å². The van der Waals surface area contributed by atoms with Crippen molar-refractivity contribution in [3.63, 3.8) is 0 Å². The van der Waals surface area contributed by atoms with Gasteiger partial charge in [-0.05, 0) is 27.7 Å². The number of carbonyl (C=O) groups excluding carboxylic acids is 2. The van der Waals surface area contributed by atoms with E-state index < -0.39 is 11.6 Å². The highest BCUT2D eigenvalue weighted by Gasteiger charge is 2.21. The van der Waals surface area contributed by atoms with E-state index in [4.69, 9.17) is 4.74 Å². The Morgan fingerprint density at radius 1 is 1.31 bits per heavy atom. The van der Waals surface area contributed by atoms with Crippen molar-refractivity contribution in [1.29, 1.82) is 0 Å². The Balaban J connectivity index is 3.84. The van der Waals surface area contributed by atoms with Crippen LogP contribution in [0.15, 0.2) is 0 Å². The fourth-order valence-electron chi connectivity index (χ4n) is 0.966. The first-order chi connectivity index (χ1) is 7.26. The summed E-state index contributed by atoms with van der Waals surface area (Å²) in [5, 5.41) is 2.89. The average molecular weight is 231 g/mol. The summed E-state index contributed by atoms with van der Waals surface area (Å²) in [4.78, 5) is 22.3. The van der Waals surface area contributed by atoms with Crippen LogP contribution in [0.3, 0.4) is 0 Å². The van der Waals surface area contributed by atoms with Gasteiger partial charge in [0.15, 0.2) is 0 Å². The maximum Gasteiger partial charge on any atom is 0.323 e. The number of methoxy groups -OCH3 is 1. The van der Waals surface area contributed by atoms with Crippen molar-refractivity contribution in [3.8, 4) is 0 Å². The largest absolute Gasteiger partial charge is 0.469 e. The second kappa shape index (κ2) is 6.48. The molecule has 16 heavy (non-hydrogen) atoms. The molecule has 94 valence electrons. The molecule has 0 bridgehead atoms. The summed E-state index contributed by atoms with van der Waals surface area (Å²) in [6.07, 6.45) is 0.240. The van der Waals surface area contributed by atoms with Crippen LogP contribution in [0, 0.1) is 0 Å². The molecule has 0 saturated heterocycles. The van der Waals surface area contributed by atoms with Gasteiger partial charge < -0.3 is 14.8 Å². The van der Waals surface area contributed by atoms with Crippen LogP contribution in [0.4, 0.5) is 0 Å². The minimum atomic E-state index is -0.491. The highest BCUT2D eigenvalue weighted by molar-refractivity contribution is 5.75. The van der Waals surface area contributed by atoms with Gasteiger partial charge in [0, 0.05) is 6.54 Å². The Labute approximate surface area is 96.5 Å². The summed E-state index contributed by atoms with van der Waals surface area (Å²) in [5.41, 5.74) is -0.491. The highest BCUT2D eigenvalue weighted by atomic mass is 16.6. The number of ether oxygens (including phenoxy) is 2. The molecule has 5 nitrogen and oxygen atoms in total. The lowest BCUT2D eigenvalue weighted by Gasteiger charge is -2.22. The minimum Gasteiger partial charge on any atom is -0.469 e. The van der Waals surface area contributed by atoms with Gasteiger partial charge >= 0.3 is 11.9 Å². The second-order valence-electron chi connectivity index (χ2n) is 4.54. The van der Waals surface area contributed by atoms with Gasteiger partial charge in [0.2, 0.25) is 0 Å². The lowest BCUT2D eigenvalue weighted by Crippen LogP contribution is -2.40. The Kier molecular flexibility index (Phi) is 6.03. The van der Waals surface area contributed by atoms with Crippen molar-refractivity contribution < 1.29 is 19.1 Å². The maximum atomic E-state index is 11.5. The molecule has 0 aromatic rings. The molecule has 1 atom stereocenters. The van der Waals surface area contributed by atoms with Gasteiger partial charge in [-0.3, -0.25) is 9.59 Å². The Bertz CT molecular complexity index is 245. The quantitative estimate of drug-likeness (QED) is 0.711. The summed E-state index contributed by atoms with van der Waals surface area (Å²) in [5.74, 6) is -0.624. The first kappa shape index (κ1) is 14.9. The summed E-state index contributed by atoms with van der Waals surface area (Å²) in [6, 6.07) is -0.427. The lowest BCUT2D eigenvalue weighted by atomic mass is 10.2. The number of nitrogens with one attached hydrogen (secondary N) is 1. The van der Waals surface area contributed by atoms with Gasteiger partial charge in [0.05, 0.1) is 13.5 Å². The van der Waals surface area contributed by atoms with Gasteiger partial charge in [-0.25, -0.2) is 0 Å². The van der Waals surface area contributed by atoms with Gasteiger partial charge in [-0.2, -0.15) is 0 Å². The minimum absolute atomic E-state index is 0.240.